The largest absolute Gasteiger partial charge is 0.464 e. The van der Waals surface area contributed by atoms with Gasteiger partial charge in [0, 0.05) is 6.07 Å². The van der Waals surface area contributed by atoms with Crippen molar-refractivity contribution in [3.8, 4) is 0 Å². The van der Waals surface area contributed by atoms with E-state index in [1.807, 2.05) is 0 Å². The average Bonchev–Trinajstić information content (AvgIpc) is 2.32. The molecule has 0 spiro atoms. The lowest BCUT2D eigenvalue weighted by molar-refractivity contribution is 0.0594. The summed E-state index contributed by atoms with van der Waals surface area (Å²) in [6.45, 7) is 0. The minimum atomic E-state index is -0.747. The number of methoxy groups -OCH3 is 1. The molecule has 0 amide bonds. The van der Waals surface area contributed by atoms with Gasteiger partial charge in [0.05, 0.1) is 23.0 Å². The summed E-state index contributed by atoms with van der Waals surface area (Å²) >= 11 is 5.80. The van der Waals surface area contributed by atoms with Crippen LogP contribution in [0.2, 0.25) is 5.02 Å². The normalized spacial score (nSPS) is 10.5. The van der Waals surface area contributed by atoms with E-state index in [4.69, 9.17) is 11.6 Å². The molecule has 0 saturated heterocycles. The Bertz CT molecular complexity index is 666. The van der Waals surface area contributed by atoms with Crippen molar-refractivity contribution in [2.75, 3.05) is 7.11 Å². The lowest BCUT2D eigenvalue weighted by atomic mass is 10.2. The van der Waals surface area contributed by atoms with E-state index >= 15 is 0 Å². The third kappa shape index (κ3) is 1.89. The fourth-order valence-electron chi connectivity index (χ4n) is 1.51. The second-order valence-electron chi connectivity index (χ2n) is 3.32. The van der Waals surface area contributed by atoms with Gasteiger partial charge in [-0.3, -0.25) is 4.79 Å². The summed E-state index contributed by atoms with van der Waals surface area (Å²) in [6, 6.07) is 3.42. The third-order valence-electron chi connectivity index (χ3n) is 2.29. The second-order valence-corrected chi connectivity index (χ2v) is 3.73. The first-order chi connectivity index (χ1) is 8.04. The van der Waals surface area contributed by atoms with Crippen molar-refractivity contribution in [2.24, 2.45) is 0 Å². The van der Waals surface area contributed by atoms with E-state index in [9.17, 15) is 14.0 Å². The predicted octanol–water partition coefficient (Wildman–Crippen LogP) is 2.11. The number of aromatic nitrogens is 1. The number of benzene rings is 1. The van der Waals surface area contributed by atoms with Crippen LogP contribution in [0, 0.1) is 5.82 Å². The number of nitrogens with one attached hydrogen (secondary N) is 1. The minimum absolute atomic E-state index is 0.0133. The van der Waals surface area contributed by atoms with Crippen LogP contribution in [-0.4, -0.2) is 18.1 Å². The van der Waals surface area contributed by atoms with Gasteiger partial charge in [-0.05, 0) is 12.1 Å². The molecule has 0 fully saturated rings. The van der Waals surface area contributed by atoms with Crippen molar-refractivity contribution in [1.29, 1.82) is 0 Å². The zero-order valence-electron chi connectivity index (χ0n) is 8.71. The maximum absolute atomic E-state index is 13.5. The first-order valence-corrected chi connectivity index (χ1v) is 5.01. The molecule has 0 saturated carbocycles. The highest BCUT2D eigenvalue weighted by molar-refractivity contribution is 6.35. The number of fused-ring (bicyclic) bond motifs is 1. The van der Waals surface area contributed by atoms with Crippen LogP contribution in [0.25, 0.3) is 10.9 Å². The fraction of sp³-hybridized carbons (Fsp3) is 0.0909. The number of halogens is 2. The van der Waals surface area contributed by atoms with Crippen LogP contribution in [0.1, 0.15) is 10.5 Å². The summed E-state index contributed by atoms with van der Waals surface area (Å²) in [4.78, 5) is 25.5. The molecule has 1 heterocycles. The van der Waals surface area contributed by atoms with Gasteiger partial charge in [0.15, 0.2) is 5.43 Å². The smallest absolute Gasteiger partial charge is 0.354 e. The first-order valence-electron chi connectivity index (χ1n) is 4.64. The Kier molecular flexibility index (Phi) is 2.85. The summed E-state index contributed by atoms with van der Waals surface area (Å²) in [5.41, 5.74) is -0.764. The highest BCUT2D eigenvalue weighted by Crippen LogP contribution is 2.21. The highest BCUT2D eigenvalue weighted by atomic mass is 35.5. The molecule has 2 aromatic rings. The Morgan fingerprint density at radius 1 is 1.47 bits per heavy atom. The summed E-state index contributed by atoms with van der Waals surface area (Å²) in [5.74, 6) is -1.41. The first kappa shape index (κ1) is 11.6. The van der Waals surface area contributed by atoms with Crippen molar-refractivity contribution in [1.82, 2.24) is 4.98 Å². The highest BCUT2D eigenvalue weighted by Gasteiger charge is 2.14. The lowest BCUT2D eigenvalue weighted by Gasteiger charge is -2.04. The maximum Gasteiger partial charge on any atom is 0.354 e. The van der Waals surface area contributed by atoms with Crippen molar-refractivity contribution in [3.63, 3.8) is 0 Å². The van der Waals surface area contributed by atoms with Crippen LogP contribution in [0.5, 0.6) is 0 Å². The Morgan fingerprint density at radius 2 is 2.18 bits per heavy atom. The predicted molar refractivity (Wildman–Crippen MR) is 60.9 cm³/mol. The van der Waals surface area contributed by atoms with E-state index in [2.05, 4.69) is 9.72 Å². The Balaban J connectivity index is 2.87. The summed E-state index contributed by atoms with van der Waals surface area (Å²) in [7, 11) is 1.17. The number of rotatable bonds is 1. The molecule has 1 aromatic heterocycles. The van der Waals surface area contributed by atoms with Gasteiger partial charge in [-0.25, -0.2) is 9.18 Å². The molecule has 6 heteroatoms. The number of carbonyl (C=O) groups excluding carboxylic acids is 1. The monoisotopic (exact) mass is 255 g/mol. The number of carbonyl (C=O) groups is 1. The molecule has 4 nitrogen and oxygen atoms in total. The Labute approximate surface area is 100.0 Å². The summed E-state index contributed by atoms with van der Waals surface area (Å²) in [6.07, 6.45) is 0. The van der Waals surface area contributed by atoms with Crippen molar-refractivity contribution < 1.29 is 13.9 Å². The van der Waals surface area contributed by atoms with Crippen molar-refractivity contribution in [2.45, 2.75) is 0 Å². The van der Waals surface area contributed by atoms with Crippen LogP contribution in [0.3, 0.4) is 0 Å². The molecule has 0 aliphatic rings. The standard InChI is InChI=1S/C11H7ClFNO3/c1-17-11(16)7-4-8(15)9-5(12)2-3-6(13)10(9)14-7/h2-4H,1H3,(H,14,15). The quantitative estimate of drug-likeness (QED) is 0.794. The van der Waals surface area contributed by atoms with E-state index in [1.54, 1.807) is 0 Å². The Morgan fingerprint density at radius 3 is 2.82 bits per heavy atom. The average molecular weight is 256 g/mol. The van der Waals surface area contributed by atoms with Crippen LogP contribution in [0.4, 0.5) is 4.39 Å². The van der Waals surface area contributed by atoms with Crippen molar-refractivity contribution in [3.05, 3.63) is 45.0 Å². The van der Waals surface area contributed by atoms with Gasteiger partial charge in [-0.2, -0.15) is 0 Å². The number of esters is 1. The van der Waals surface area contributed by atoms with E-state index in [1.165, 1.54) is 13.2 Å². The minimum Gasteiger partial charge on any atom is -0.464 e. The molecule has 0 aliphatic carbocycles. The number of pyridine rings is 1. The van der Waals surface area contributed by atoms with E-state index in [0.717, 1.165) is 12.1 Å². The molecule has 1 N–H and O–H groups in total. The third-order valence-corrected chi connectivity index (χ3v) is 2.61. The van der Waals surface area contributed by atoms with Gasteiger partial charge >= 0.3 is 5.97 Å². The SMILES string of the molecule is COC(=O)c1cc(=O)c2c(Cl)ccc(F)c2[nH]1. The van der Waals surface area contributed by atoms with Crippen molar-refractivity contribution >= 4 is 28.5 Å². The number of aromatic amines is 1. The fourth-order valence-corrected chi connectivity index (χ4v) is 1.76. The van der Waals surface area contributed by atoms with Gasteiger partial charge in [0.1, 0.15) is 11.5 Å². The molecular weight excluding hydrogens is 249 g/mol. The molecular formula is C11H7ClFNO3. The number of ether oxygens (including phenoxy) is 1. The van der Waals surface area contributed by atoms with E-state index < -0.39 is 17.2 Å². The molecule has 0 aliphatic heterocycles. The van der Waals surface area contributed by atoms with Gasteiger partial charge in [0.2, 0.25) is 0 Å². The number of hydrogen-bond acceptors (Lipinski definition) is 3. The molecule has 17 heavy (non-hydrogen) atoms. The number of hydrogen-bond donors (Lipinski definition) is 1. The summed E-state index contributed by atoms with van der Waals surface area (Å²) in [5, 5.41) is 0.137. The molecule has 0 radical (unpaired) electrons. The zero-order chi connectivity index (χ0) is 12.6. The maximum atomic E-state index is 13.5. The van der Waals surface area contributed by atoms with E-state index in [0.29, 0.717) is 0 Å². The molecule has 88 valence electrons. The van der Waals surface area contributed by atoms with E-state index in [-0.39, 0.29) is 21.6 Å². The second kappa shape index (κ2) is 4.18. The van der Waals surface area contributed by atoms with Gasteiger partial charge in [0.25, 0.3) is 0 Å². The molecule has 0 bridgehead atoms. The van der Waals surface area contributed by atoms with Gasteiger partial charge < -0.3 is 9.72 Å². The molecule has 0 unspecified atom stereocenters. The van der Waals surface area contributed by atoms with Crippen LogP contribution < -0.4 is 5.43 Å². The summed E-state index contributed by atoms with van der Waals surface area (Å²) < 4.78 is 18.0. The van der Waals surface area contributed by atoms with Crippen LogP contribution in [-0.2, 0) is 4.74 Å². The Hall–Kier alpha value is -1.88. The molecule has 2 rings (SSSR count). The topological polar surface area (TPSA) is 59.2 Å². The molecule has 1 aromatic carbocycles. The van der Waals surface area contributed by atoms with Crippen LogP contribution in [0.15, 0.2) is 23.0 Å². The lowest BCUT2D eigenvalue weighted by Crippen LogP contribution is -2.12. The van der Waals surface area contributed by atoms with Crippen LogP contribution >= 0.6 is 11.6 Å². The van der Waals surface area contributed by atoms with Gasteiger partial charge in [-0.15, -0.1) is 0 Å². The molecule has 0 atom stereocenters. The number of H-pyrrole nitrogens is 1. The zero-order valence-corrected chi connectivity index (χ0v) is 9.47. The van der Waals surface area contributed by atoms with Gasteiger partial charge in [-0.1, -0.05) is 11.6 Å².